The Morgan fingerprint density at radius 1 is 1.62 bits per heavy atom. The quantitative estimate of drug-likeness (QED) is 0.664. The summed E-state index contributed by atoms with van der Waals surface area (Å²) >= 11 is 2.28. The van der Waals surface area contributed by atoms with Crippen molar-refractivity contribution in [3.8, 4) is 12.3 Å². The minimum Gasteiger partial charge on any atom is -0.372 e. The van der Waals surface area contributed by atoms with Gasteiger partial charge in [-0.25, -0.2) is 0 Å². The van der Waals surface area contributed by atoms with E-state index in [0.29, 0.717) is 0 Å². The summed E-state index contributed by atoms with van der Waals surface area (Å²) in [7, 11) is 0. The molecular formula is C11H12IN. The Balaban J connectivity index is 2.69. The van der Waals surface area contributed by atoms with Gasteiger partial charge in [0.05, 0.1) is 6.04 Å². The summed E-state index contributed by atoms with van der Waals surface area (Å²) in [6, 6.07) is 8.33. The Labute approximate surface area is 93.1 Å². The van der Waals surface area contributed by atoms with Crippen LogP contribution in [-0.2, 0) is 0 Å². The molecule has 1 unspecified atom stereocenters. The maximum atomic E-state index is 5.35. The zero-order valence-electron chi connectivity index (χ0n) is 7.55. The number of anilines is 1. The number of nitrogens with one attached hydrogen (secondary N) is 1. The first-order chi connectivity index (χ1) is 6.26. The Morgan fingerprint density at radius 2 is 2.38 bits per heavy atom. The molecule has 0 spiro atoms. The van der Waals surface area contributed by atoms with Crippen molar-refractivity contribution < 1.29 is 0 Å². The van der Waals surface area contributed by atoms with Gasteiger partial charge in [0.15, 0.2) is 0 Å². The van der Waals surface area contributed by atoms with E-state index < -0.39 is 0 Å². The van der Waals surface area contributed by atoms with E-state index in [2.05, 4.69) is 52.9 Å². The van der Waals surface area contributed by atoms with Crippen molar-refractivity contribution in [3.05, 3.63) is 27.8 Å². The number of rotatable bonds is 3. The summed E-state index contributed by atoms with van der Waals surface area (Å²) in [5, 5.41) is 3.28. The topological polar surface area (TPSA) is 12.0 Å². The summed E-state index contributed by atoms with van der Waals surface area (Å²) < 4.78 is 1.22. The lowest BCUT2D eigenvalue weighted by Crippen LogP contribution is -2.15. The number of hydrogen-bond acceptors (Lipinski definition) is 1. The second-order valence-electron chi connectivity index (χ2n) is 2.78. The molecule has 0 saturated heterocycles. The van der Waals surface area contributed by atoms with Gasteiger partial charge in [-0.1, -0.05) is 18.9 Å². The molecule has 0 fully saturated rings. The van der Waals surface area contributed by atoms with Crippen LogP contribution in [0.5, 0.6) is 0 Å². The van der Waals surface area contributed by atoms with E-state index in [1.165, 1.54) is 3.57 Å². The van der Waals surface area contributed by atoms with Crippen molar-refractivity contribution in [2.75, 3.05) is 5.32 Å². The average Bonchev–Trinajstić information content (AvgIpc) is 2.14. The molecule has 1 aromatic rings. The molecule has 68 valence electrons. The molecule has 0 bridgehead atoms. The average molecular weight is 285 g/mol. The molecule has 0 saturated carbocycles. The van der Waals surface area contributed by atoms with Crippen molar-refractivity contribution in [1.29, 1.82) is 0 Å². The highest BCUT2D eigenvalue weighted by Gasteiger charge is 2.00. The van der Waals surface area contributed by atoms with Gasteiger partial charge in [-0.3, -0.25) is 0 Å². The van der Waals surface area contributed by atoms with Crippen LogP contribution < -0.4 is 5.32 Å². The Morgan fingerprint density at radius 3 is 2.92 bits per heavy atom. The van der Waals surface area contributed by atoms with E-state index in [9.17, 15) is 0 Å². The fourth-order valence-corrected chi connectivity index (χ4v) is 1.58. The summed E-state index contributed by atoms with van der Waals surface area (Å²) in [5.74, 6) is 2.71. The minimum atomic E-state index is 0.137. The first-order valence-corrected chi connectivity index (χ1v) is 5.32. The van der Waals surface area contributed by atoms with Gasteiger partial charge in [-0.15, -0.1) is 6.42 Å². The van der Waals surface area contributed by atoms with Crippen LogP contribution in [0.3, 0.4) is 0 Å². The summed E-state index contributed by atoms with van der Waals surface area (Å²) in [6.45, 7) is 2.07. The van der Waals surface area contributed by atoms with E-state index in [1.807, 2.05) is 12.1 Å². The highest BCUT2D eigenvalue weighted by molar-refractivity contribution is 14.1. The Kier molecular flexibility index (Phi) is 4.10. The monoisotopic (exact) mass is 285 g/mol. The molecule has 0 aliphatic carbocycles. The molecule has 0 radical (unpaired) electrons. The first-order valence-electron chi connectivity index (χ1n) is 4.24. The van der Waals surface area contributed by atoms with Crippen LogP contribution in [0.4, 0.5) is 5.69 Å². The van der Waals surface area contributed by atoms with E-state index in [4.69, 9.17) is 6.42 Å². The summed E-state index contributed by atoms with van der Waals surface area (Å²) in [4.78, 5) is 0. The molecule has 2 heteroatoms. The van der Waals surface area contributed by atoms with Crippen LogP contribution in [0.2, 0.25) is 0 Å². The molecule has 1 rings (SSSR count). The summed E-state index contributed by atoms with van der Waals surface area (Å²) in [6.07, 6.45) is 6.30. The highest BCUT2D eigenvalue weighted by atomic mass is 127. The van der Waals surface area contributed by atoms with Crippen LogP contribution in [0.25, 0.3) is 0 Å². The van der Waals surface area contributed by atoms with Crippen molar-refractivity contribution in [1.82, 2.24) is 0 Å². The normalized spacial score (nSPS) is 11.8. The van der Waals surface area contributed by atoms with Crippen LogP contribution in [0.15, 0.2) is 24.3 Å². The van der Waals surface area contributed by atoms with E-state index in [0.717, 1.165) is 12.1 Å². The predicted molar refractivity (Wildman–Crippen MR) is 65.7 cm³/mol. The molecule has 1 N–H and O–H groups in total. The zero-order valence-corrected chi connectivity index (χ0v) is 9.71. The fourth-order valence-electron chi connectivity index (χ4n) is 1.04. The standard InChI is InChI=1S/C11H12IN/c1-3-10(4-2)13-11-7-5-6-9(12)8-11/h1,5-8,10,13H,4H2,2H3. The lowest BCUT2D eigenvalue weighted by Gasteiger charge is -2.11. The van der Waals surface area contributed by atoms with Crippen molar-refractivity contribution in [3.63, 3.8) is 0 Å². The number of terminal acetylenes is 1. The number of hydrogen-bond donors (Lipinski definition) is 1. The van der Waals surface area contributed by atoms with E-state index >= 15 is 0 Å². The molecular weight excluding hydrogens is 273 g/mol. The summed E-state index contributed by atoms with van der Waals surface area (Å²) in [5.41, 5.74) is 1.09. The molecule has 0 heterocycles. The molecule has 0 aliphatic rings. The van der Waals surface area contributed by atoms with Crippen molar-refractivity contribution in [2.45, 2.75) is 19.4 Å². The number of halogens is 1. The van der Waals surface area contributed by atoms with Gasteiger partial charge < -0.3 is 5.32 Å². The van der Waals surface area contributed by atoms with Gasteiger partial charge in [-0.2, -0.15) is 0 Å². The van der Waals surface area contributed by atoms with Gasteiger partial charge in [0, 0.05) is 9.26 Å². The number of benzene rings is 1. The first kappa shape index (κ1) is 10.4. The SMILES string of the molecule is C#CC(CC)Nc1cccc(I)c1. The highest BCUT2D eigenvalue weighted by Crippen LogP contribution is 2.13. The molecule has 0 aliphatic heterocycles. The fraction of sp³-hybridized carbons (Fsp3) is 0.273. The molecule has 1 aromatic carbocycles. The Hall–Kier alpha value is -0.690. The lowest BCUT2D eigenvalue weighted by atomic mass is 10.2. The predicted octanol–water partition coefficient (Wildman–Crippen LogP) is 3.11. The van der Waals surface area contributed by atoms with Gasteiger partial charge in [0.2, 0.25) is 0 Å². The second-order valence-corrected chi connectivity index (χ2v) is 4.03. The maximum absolute atomic E-state index is 5.35. The third-order valence-corrected chi connectivity index (χ3v) is 2.45. The second kappa shape index (κ2) is 5.13. The molecule has 0 aromatic heterocycles. The lowest BCUT2D eigenvalue weighted by molar-refractivity contribution is 0.858. The van der Waals surface area contributed by atoms with Crippen LogP contribution >= 0.6 is 22.6 Å². The molecule has 13 heavy (non-hydrogen) atoms. The maximum Gasteiger partial charge on any atom is 0.0871 e. The van der Waals surface area contributed by atoms with Crippen LogP contribution in [-0.4, -0.2) is 6.04 Å². The van der Waals surface area contributed by atoms with Crippen molar-refractivity contribution in [2.24, 2.45) is 0 Å². The minimum absolute atomic E-state index is 0.137. The Bertz CT molecular complexity index is 314. The van der Waals surface area contributed by atoms with Crippen LogP contribution in [0.1, 0.15) is 13.3 Å². The van der Waals surface area contributed by atoms with Gasteiger partial charge >= 0.3 is 0 Å². The third kappa shape index (κ3) is 3.27. The van der Waals surface area contributed by atoms with Crippen molar-refractivity contribution >= 4 is 28.3 Å². The third-order valence-electron chi connectivity index (χ3n) is 1.77. The zero-order chi connectivity index (χ0) is 9.68. The van der Waals surface area contributed by atoms with Gasteiger partial charge in [0.25, 0.3) is 0 Å². The van der Waals surface area contributed by atoms with Gasteiger partial charge in [0.1, 0.15) is 0 Å². The molecule has 1 atom stereocenters. The van der Waals surface area contributed by atoms with E-state index in [1.54, 1.807) is 0 Å². The molecule has 0 amide bonds. The smallest absolute Gasteiger partial charge is 0.0871 e. The largest absolute Gasteiger partial charge is 0.372 e. The molecule has 1 nitrogen and oxygen atoms in total. The van der Waals surface area contributed by atoms with Crippen LogP contribution in [0, 0.1) is 15.9 Å². The van der Waals surface area contributed by atoms with E-state index in [-0.39, 0.29) is 6.04 Å². The van der Waals surface area contributed by atoms with Gasteiger partial charge in [-0.05, 0) is 47.2 Å².